The second-order valence-electron chi connectivity index (χ2n) is 5.51. The van der Waals surface area contributed by atoms with Crippen molar-refractivity contribution in [2.45, 2.75) is 31.4 Å². The molecule has 0 aliphatic heterocycles. The predicted octanol–water partition coefficient (Wildman–Crippen LogP) is 2.75. The molecule has 0 spiro atoms. The molecule has 21 heavy (non-hydrogen) atoms. The molecule has 0 saturated heterocycles. The van der Waals surface area contributed by atoms with E-state index in [-0.39, 0.29) is 0 Å². The molecule has 112 valence electrons. The Morgan fingerprint density at radius 2 is 2.00 bits per heavy atom. The number of methoxy groups -OCH3 is 1. The highest BCUT2D eigenvalue weighted by Crippen LogP contribution is 2.37. The fourth-order valence-corrected chi connectivity index (χ4v) is 2.58. The Bertz CT molecular complexity index is 636. The van der Waals surface area contributed by atoms with Crippen molar-refractivity contribution in [3.05, 3.63) is 40.9 Å². The first-order valence-electron chi connectivity index (χ1n) is 6.53. The number of halogens is 1. The van der Waals surface area contributed by atoms with Gasteiger partial charge >= 0.3 is 5.71 Å². The fraction of sp³-hybridized carbons (Fsp3) is 0.400. The third kappa shape index (κ3) is 2.95. The van der Waals surface area contributed by atoms with Crippen LogP contribution in [0.1, 0.15) is 20.3 Å². The Morgan fingerprint density at radius 1 is 1.33 bits per heavy atom. The number of rotatable bonds is 3. The molecule has 1 aliphatic rings. The summed E-state index contributed by atoms with van der Waals surface area (Å²) in [6, 6.07) is 7.25. The smallest absolute Gasteiger partial charge is 0.314 e. The second kappa shape index (κ2) is 5.53. The number of hydrogen-bond donors (Lipinski definition) is 1. The molecule has 0 amide bonds. The third-order valence-electron chi connectivity index (χ3n) is 3.85. The third-order valence-corrected chi connectivity index (χ3v) is 4.18. The lowest BCUT2D eigenvalue weighted by Gasteiger charge is -2.43. The van der Waals surface area contributed by atoms with Gasteiger partial charge in [-0.25, -0.2) is 0 Å². The van der Waals surface area contributed by atoms with Crippen LogP contribution in [0.3, 0.4) is 0 Å². The minimum Gasteiger partial charge on any atom is -0.497 e. The van der Waals surface area contributed by atoms with Gasteiger partial charge in [0, 0.05) is 6.07 Å². The van der Waals surface area contributed by atoms with Gasteiger partial charge in [0.2, 0.25) is 0 Å². The van der Waals surface area contributed by atoms with Crippen molar-refractivity contribution in [2.24, 2.45) is 5.73 Å². The molecule has 2 unspecified atom stereocenters. The summed E-state index contributed by atoms with van der Waals surface area (Å²) in [5.41, 5.74) is 14.1. The number of hydrogen-bond acceptors (Lipinski definition) is 3. The number of benzene rings is 1. The number of ether oxygens (including phenoxy) is 2. The van der Waals surface area contributed by atoms with Crippen LogP contribution in [0.5, 0.6) is 11.5 Å². The monoisotopic (exact) mass is 307 g/mol. The minimum atomic E-state index is -0.818. The summed E-state index contributed by atoms with van der Waals surface area (Å²) in [6.45, 7) is 3.68. The zero-order valence-corrected chi connectivity index (χ0v) is 13.0. The van der Waals surface area contributed by atoms with Crippen LogP contribution in [-0.2, 0) is 0 Å². The molecule has 1 aromatic rings. The number of nitrogens with zero attached hydrogens (tertiary/aromatic N) is 2. The van der Waals surface area contributed by atoms with Crippen LogP contribution >= 0.6 is 11.6 Å². The van der Waals surface area contributed by atoms with Crippen LogP contribution < -0.4 is 15.2 Å². The van der Waals surface area contributed by atoms with E-state index in [1.54, 1.807) is 19.3 Å². The van der Waals surface area contributed by atoms with E-state index in [9.17, 15) is 0 Å². The molecule has 2 rings (SSSR count). The summed E-state index contributed by atoms with van der Waals surface area (Å²) in [5, 5.41) is 0.342. The second-order valence-corrected chi connectivity index (χ2v) is 5.92. The van der Waals surface area contributed by atoms with Gasteiger partial charge in [-0.3, -0.25) is 0 Å². The molecule has 0 heterocycles. The average molecular weight is 308 g/mol. The molecule has 1 aliphatic carbocycles. The molecule has 0 aromatic heterocycles. The molecule has 0 saturated carbocycles. The van der Waals surface area contributed by atoms with Gasteiger partial charge in [0.25, 0.3) is 0 Å². The SMILES string of the molecule is COc1cccc(OC2(C)CC(=[N+]=[N-])C(Cl)=CC2(C)N)c1. The first kappa shape index (κ1) is 15.6. The highest BCUT2D eigenvalue weighted by Gasteiger charge is 2.50. The zero-order chi connectivity index (χ0) is 15.7. The summed E-state index contributed by atoms with van der Waals surface area (Å²) >= 11 is 6.06. The lowest BCUT2D eigenvalue weighted by molar-refractivity contribution is -0.0251. The van der Waals surface area contributed by atoms with Gasteiger partial charge in [0.05, 0.1) is 19.1 Å². The van der Waals surface area contributed by atoms with E-state index >= 15 is 0 Å². The summed E-state index contributed by atoms with van der Waals surface area (Å²) in [7, 11) is 1.59. The molecule has 2 N–H and O–H groups in total. The highest BCUT2D eigenvalue weighted by atomic mass is 35.5. The van der Waals surface area contributed by atoms with Crippen LogP contribution in [0.4, 0.5) is 0 Å². The van der Waals surface area contributed by atoms with Gasteiger partial charge in [0.15, 0.2) is 0 Å². The van der Waals surface area contributed by atoms with E-state index in [4.69, 9.17) is 32.3 Å². The molecule has 2 atom stereocenters. The van der Waals surface area contributed by atoms with Gasteiger partial charge in [-0.15, -0.1) is 0 Å². The van der Waals surface area contributed by atoms with E-state index < -0.39 is 11.1 Å². The van der Waals surface area contributed by atoms with Gasteiger partial charge < -0.3 is 20.7 Å². The van der Waals surface area contributed by atoms with Crippen molar-refractivity contribution in [2.75, 3.05) is 7.11 Å². The van der Waals surface area contributed by atoms with Crippen molar-refractivity contribution in [3.8, 4) is 11.5 Å². The van der Waals surface area contributed by atoms with Crippen LogP contribution in [0.25, 0.3) is 5.53 Å². The average Bonchev–Trinajstić information content (AvgIpc) is 2.43. The quantitative estimate of drug-likeness (QED) is 0.688. The van der Waals surface area contributed by atoms with Crippen molar-refractivity contribution < 1.29 is 14.3 Å². The number of allylic oxidation sites excluding steroid dienone is 1. The molecular weight excluding hydrogens is 290 g/mol. The van der Waals surface area contributed by atoms with Crippen LogP contribution in [0, 0.1) is 0 Å². The first-order chi connectivity index (χ1) is 9.81. The predicted molar refractivity (Wildman–Crippen MR) is 81.8 cm³/mol. The lowest BCUT2D eigenvalue weighted by atomic mass is 9.75. The Morgan fingerprint density at radius 3 is 2.62 bits per heavy atom. The Balaban J connectivity index is 2.38. The van der Waals surface area contributed by atoms with Crippen LogP contribution in [0.2, 0.25) is 0 Å². The fourth-order valence-electron chi connectivity index (χ4n) is 2.25. The van der Waals surface area contributed by atoms with Crippen LogP contribution in [0.15, 0.2) is 35.4 Å². The topological polar surface area (TPSA) is 80.9 Å². The molecular formula is C15H18ClN3O2. The maximum Gasteiger partial charge on any atom is 0.314 e. The van der Waals surface area contributed by atoms with Gasteiger partial charge in [-0.2, -0.15) is 4.79 Å². The molecule has 0 bridgehead atoms. The largest absolute Gasteiger partial charge is 0.497 e. The van der Waals surface area contributed by atoms with Crippen molar-refractivity contribution in [1.82, 2.24) is 0 Å². The van der Waals surface area contributed by atoms with Crippen LogP contribution in [-0.4, -0.2) is 28.8 Å². The molecule has 6 heteroatoms. The van der Waals surface area contributed by atoms with Crippen molar-refractivity contribution in [1.29, 1.82) is 0 Å². The Hall–Kier alpha value is -1.81. The normalized spacial score (nSPS) is 28.6. The summed E-state index contributed by atoms with van der Waals surface area (Å²) in [4.78, 5) is 3.22. The van der Waals surface area contributed by atoms with E-state index in [2.05, 4.69) is 4.79 Å². The first-order valence-corrected chi connectivity index (χ1v) is 6.91. The van der Waals surface area contributed by atoms with E-state index in [1.165, 1.54) is 0 Å². The van der Waals surface area contributed by atoms with E-state index in [0.29, 0.717) is 28.7 Å². The van der Waals surface area contributed by atoms with Gasteiger partial charge in [0.1, 0.15) is 22.1 Å². The molecule has 0 fully saturated rings. The Kier molecular flexibility index (Phi) is 4.10. The zero-order valence-electron chi connectivity index (χ0n) is 12.3. The number of nitrogens with two attached hydrogens (primary N) is 1. The summed E-state index contributed by atoms with van der Waals surface area (Å²) in [5.74, 6) is 1.31. The molecule has 1 aromatic carbocycles. The van der Waals surface area contributed by atoms with Crippen molar-refractivity contribution in [3.63, 3.8) is 0 Å². The van der Waals surface area contributed by atoms with E-state index in [1.807, 2.05) is 32.0 Å². The minimum absolute atomic E-state index is 0.295. The maximum absolute atomic E-state index is 9.06. The van der Waals surface area contributed by atoms with Gasteiger partial charge in [-0.1, -0.05) is 17.7 Å². The Labute approximate surface area is 128 Å². The lowest BCUT2D eigenvalue weighted by Crippen LogP contribution is -2.62. The standard InChI is InChI=1S/C15H18ClN3O2/c1-14(17)8-12(16)13(19-18)9-15(14,2)21-11-6-4-5-10(7-11)20-3/h4-8H,9,17H2,1-3H3. The molecule has 0 radical (unpaired) electrons. The van der Waals surface area contributed by atoms with E-state index in [0.717, 1.165) is 0 Å². The van der Waals surface area contributed by atoms with Gasteiger partial charge in [-0.05, 0) is 32.1 Å². The van der Waals surface area contributed by atoms with Crippen molar-refractivity contribution >= 4 is 17.3 Å². The molecule has 5 nitrogen and oxygen atoms in total. The highest BCUT2D eigenvalue weighted by molar-refractivity contribution is 6.43. The summed E-state index contributed by atoms with van der Waals surface area (Å²) in [6.07, 6.45) is 1.94. The summed E-state index contributed by atoms with van der Waals surface area (Å²) < 4.78 is 11.3. The maximum atomic E-state index is 9.06.